The van der Waals surface area contributed by atoms with Crippen molar-refractivity contribution in [2.24, 2.45) is 0 Å². The Morgan fingerprint density at radius 3 is 2.57 bits per heavy atom. The molecule has 0 amide bonds. The van der Waals surface area contributed by atoms with Gasteiger partial charge in [0.15, 0.2) is 0 Å². The Bertz CT molecular complexity index is 53.2. The molecule has 7 heavy (non-hydrogen) atoms. The first-order valence-electron chi connectivity index (χ1n) is 1.22. The van der Waals surface area contributed by atoms with Gasteiger partial charge in [0.1, 0.15) is 0 Å². The van der Waals surface area contributed by atoms with Gasteiger partial charge >= 0.3 is 47.2 Å². The second-order valence-electron chi connectivity index (χ2n) is 0.499. The molecule has 0 fully saturated rings. The minimum Gasteiger partial charge on any atom is -1.00 e. The van der Waals surface area contributed by atoms with Crippen molar-refractivity contribution in [3.05, 3.63) is 0 Å². The summed E-state index contributed by atoms with van der Waals surface area (Å²) in [6, 6.07) is 0. The molecule has 0 aliphatic carbocycles. The molecule has 36 valence electrons. The zero-order chi connectivity index (χ0) is 4.83. The van der Waals surface area contributed by atoms with Crippen molar-refractivity contribution in [1.29, 1.82) is 0 Å². The van der Waals surface area contributed by atoms with Crippen molar-refractivity contribution in [3.63, 3.8) is 0 Å². The number of hydrogen-bond donors (Lipinski definition) is 0. The van der Waals surface area contributed by atoms with Crippen LogP contribution in [0.3, 0.4) is 0 Å². The summed E-state index contributed by atoms with van der Waals surface area (Å²) < 4.78 is 13.3. The molecule has 0 N–H and O–H groups in total. The van der Waals surface area contributed by atoms with Crippen LogP contribution in [0.4, 0.5) is 0 Å². The SMILES string of the molecule is O=COC[S+]=O.[H-].[Na+]. The minimum atomic E-state index is -0.0938. The van der Waals surface area contributed by atoms with E-state index >= 15 is 0 Å². The Balaban J connectivity index is -0.000000125. The fourth-order valence-corrected chi connectivity index (χ4v) is 0.167. The van der Waals surface area contributed by atoms with Crippen LogP contribution < -0.4 is 29.6 Å². The van der Waals surface area contributed by atoms with Crippen LogP contribution in [0.15, 0.2) is 0 Å². The molecule has 0 unspecified atom stereocenters. The van der Waals surface area contributed by atoms with E-state index in [-0.39, 0.29) is 55.1 Å². The third-order valence-electron chi connectivity index (χ3n) is 0.184. The maximum atomic E-state index is 9.32. The third kappa shape index (κ3) is 10.7. The fraction of sp³-hybridized carbons (Fsp3) is 0.500. The van der Waals surface area contributed by atoms with Gasteiger partial charge in [-0.1, -0.05) is 0 Å². The standard InChI is InChI=1S/C2H3O3S.Na.H/c3-1-5-2-6-4;;/h1H,2H2;;/q2*+1;-1. The van der Waals surface area contributed by atoms with Crippen LogP contribution >= 0.6 is 0 Å². The van der Waals surface area contributed by atoms with Crippen LogP contribution in [0.2, 0.25) is 0 Å². The predicted octanol–water partition coefficient (Wildman–Crippen LogP) is -3.34. The summed E-state index contributed by atoms with van der Waals surface area (Å²) in [6.45, 7) is 0.241. The summed E-state index contributed by atoms with van der Waals surface area (Å²) in [4.78, 5) is 9.19. The zero-order valence-electron chi connectivity index (χ0n) is 4.92. The van der Waals surface area contributed by atoms with Gasteiger partial charge in [0.25, 0.3) is 6.47 Å². The average molecular weight is 131 g/mol. The van der Waals surface area contributed by atoms with Gasteiger partial charge in [-0.2, -0.15) is 0 Å². The maximum Gasteiger partial charge on any atom is 1.00 e. The van der Waals surface area contributed by atoms with E-state index in [2.05, 4.69) is 4.74 Å². The Kier molecular flexibility index (Phi) is 14.5. The molecule has 3 nitrogen and oxygen atoms in total. The van der Waals surface area contributed by atoms with Crippen molar-refractivity contribution in [1.82, 2.24) is 0 Å². The molecular weight excluding hydrogens is 127 g/mol. The quantitative estimate of drug-likeness (QED) is 0.132. The number of hydrogen-bond acceptors (Lipinski definition) is 3. The molecule has 0 saturated carbocycles. The molecule has 0 aliphatic rings. The molecule has 0 saturated heterocycles. The molecule has 0 atom stereocenters. The first-order valence-corrected chi connectivity index (χ1v) is 2.13. The smallest absolute Gasteiger partial charge is 1.00 e. The van der Waals surface area contributed by atoms with E-state index in [0.29, 0.717) is 0 Å². The monoisotopic (exact) mass is 131 g/mol. The Labute approximate surface area is 68.7 Å². The van der Waals surface area contributed by atoms with E-state index in [1.54, 1.807) is 0 Å². The molecule has 5 heteroatoms. The van der Waals surface area contributed by atoms with E-state index in [1.807, 2.05) is 0 Å². The Morgan fingerprint density at radius 2 is 2.43 bits per heavy atom. The van der Waals surface area contributed by atoms with Crippen molar-refractivity contribution in [2.75, 3.05) is 5.94 Å². The molecule has 0 aliphatic heterocycles. The van der Waals surface area contributed by atoms with Crippen LogP contribution in [0.1, 0.15) is 1.43 Å². The molecule has 0 radical (unpaired) electrons. The van der Waals surface area contributed by atoms with Gasteiger partial charge in [-0.3, -0.25) is 4.79 Å². The summed E-state index contributed by atoms with van der Waals surface area (Å²) in [5.74, 6) is -0.0938. The third-order valence-corrected chi connectivity index (χ3v) is 0.417. The molecule has 0 bridgehead atoms. The van der Waals surface area contributed by atoms with Gasteiger partial charge in [-0.15, -0.1) is 0 Å². The first kappa shape index (κ1) is 10.5. The molecule has 0 aromatic carbocycles. The van der Waals surface area contributed by atoms with E-state index in [4.69, 9.17) is 0 Å². The molecule has 0 aromatic heterocycles. The van der Waals surface area contributed by atoms with Crippen molar-refractivity contribution < 1.29 is 44.7 Å². The van der Waals surface area contributed by atoms with E-state index in [9.17, 15) is 9.00 Å². The summed E-state index contributed by atoms with van der Waals surface area (Å²) in [6.07, 6.45) is 0. The van der Waals surface area contributed by atoms with Crippen LogP contribution in [-0.2, 0) is 25.4 Å². The molecule has 0 aromatic rings. The Hall–Kier alpha value is 0.490. The fourth-order valence-electron chi connectivity index (χ4n) is 0.0556. The average Bonchev–Trinajstić information content (AvgIpc) is 1.61. The summed E-state index contributed by atoms with van der Waals surface area (Å²) >= 11 is 0.223. The van der Waals surface area contributed by atoms with Gasteiger partial charge in [0.2, 0.25) is 0 Å². The normalized spacial score (nSPS) is 5.71. The summed E-state index contributed by atoms with van der Waals surface area (Å²) in [7, 11) is 0. The summed E-state index contributed by atoms with van der Waals surface area (Å²) in [5, 5.41) is 0. The second kappa shape index (κ2) is 9.70. The predicted molar refractivity (Wildman–Crippen MR) is 21.2 cm³/mol. The number of carbonyl (C=O) groups is 1. The van der Waals surface area contributed by atoms with Crippen LogP contribution in [-0.4, -0.2) is 12.4 Å². The van der Waals surface area contributed by atoms with Gasteiger partial charge in [0, 0.05) is 4.21 Å². The second-order valence-corrected chi connectivity index (χ2v) is 0.970. The van der Waals surface area contributed by atoms with Gasteiger partial charge in [-0.25, -0.2) is 0 Å². The molecule has 0 spiro atoms. The largest absolute Gasteiger partial charge is 1.00 e. The van der Waals surface area contributed by atoms with Crippen LogP contribution in [0.5, 0.6) is 0 Å². The van der Waals surface area contributed by atoms with Crippen molar-refractivity contribution >= 4 is 18.1 Å². The molecule has 0 rings (SSSR count). The van der Waals surface area contributed by atoms with Crippen molar-refractivity contribution in [3.8, 4) is 0 Å². The molecule has 0 heterocycles. The van der Waals surface area contributed by atoms with E-state index in [0.717, 1.165) is 0 Å². The number of carbonyl (C=O) groups excluding carboxylic acids is 1. The van der Waals surface area contributed by atoms with E-state index in [1.165, 1.54) is 0 Å². The van der Waals surface area contributed by atoms with Gasteiger partial charge < -0.3 is 6.16 Å². The maximum absolute atomic E-state index is 9.32. The van der Waals surface area contributed by atoms with Crippen LogP contribution in [0.25, 0.3) is 0 Å². The number of rotatable bonds is 3. The minimum absolute atomic E-state index is 0. The zero-order valence-corrected chi connectivity index (χ0v) is 6.73. The summed E-state index contributed by atoms with van der Waals surface area (Å²) in [5.41, 5.74) is 0. The van der Waals surface area contributed by atoms with Gasteiger partial charge in [-0.05, 0) is 0 Å². The van der Waals surface area contributed by atoms with Crippen LogP contribution in [0, 0.1) is 0 Å². The van der Waals surface area contributed by atoms with Gasteiger partial charge in [0.05, 0.1) is 0 Å². The Morgan fingerprint density at radius 1 is 1.86 bits per heavy atom. The number of ether oxygens (including phenoxy) is 1. The molecular formula is C2H4NaO3S+. The topological polar surface area (TPSA) is 43.4 Å². The van der Waals surface area contributed by atoms with E-state index < -0.39 is 0 Å². The first-order chi connectivity index (χ1) is 2.91. The van der Waals surface area contributed by atoms with Crippen molar-refractivity contribution in [2.45, 2.75) is 0 Å².